The number of hydrogen-bond donors (Lipinski definition) is 0. The minimum atomic E-state index is -0.555. The van der Waals surface area contributed by atoms with Gasteiger partial charge in [0.1, 0.15) is 10.6 Å². The summed E-state index contributed by atoms with van der Waals surface area (Å²) in [5.74, 6) is -0.476. The second-order valence-electron chi connectivity index (χ2n) is 4.42. The van der Waals surface area contributed by atoms with Crippen LogP contribution in [0.25, 0.3) is 11.2 Å². The number of esters is 1. The molecule has 1 heterocycles. The van der Waals surface area contributed by atoms with E-state index in [1.807, 2.05) is 0 Å². The van der Waals surface area contributed by atoms with E-state index in [4.69, 9.17) is 16.3 Å². The van der Waals surface area contributed by atoms with Gasteiger partial charge in [-0.15, -0.1) is 0 Å². The molecule has 0 atom stereocenters. The highest BCUT2D eigenvalue weighted by Gasteiger charge is 2.23. The minimum absolute atomic E-state index is 0.220. The fourth-order valence-corrected chi connectivity index (χ4v) is 1.49. The van der Waals surface area contributed by atoms with Crippen molar-refractivity contribution in [3.05, 3.63) is 22.7 Å². The first kappa shape index (κ1) is 11.1. The lowest BCUT2D eigenvalue weighted by Gasteiger charge is -2.19. The summed E-state index contributed by atoms with van der Waals surface area (Å²) in [6.07, 6.45) is 0. The van der Waals surface area contributed by atoms with Crippen molar-refractivity contribution < 1.29 is 18.7 Å². The number of fused-ring (bicyclic) bond motifs is 1. The van der Waals surface area contributed by atoms with Crippen LogP contribution >= 0.6 is 11.6 Å². The maximum atomic E-state index is 11.8. The first-order valence-electron chi connectivity index (χ1n) is 4.79. The Balaban J connectivity index is 2.34. The van der Waals surface area contributed by atoms with Crippen LogP contribution in [0.5, 0.6) is 0 Å². The second kappa shape index (κ2) is 3.56. The van der Waals surface area contributed by atoms with Crippen molar-refractivity contribution >= 4 is 28.7 Å². The Hall–Kier alpha value is -1.42. The van der Waals surface area contributed by atoms with E-state index in [-0.39, 0.29) is 10.6 Å². The first-order valence-corrected chi connectivity index (χ1v) is 5.16. The van der Waals surface area contributed by atoms with Gasteiger partial charge in [-0.05, 0) is 32.9 Å². The zero-order chi connectivity index (χ0) is 11.9. The lowest BCUT2D eigenvalue weighted by Crippen LogP contribution is -2.24. The topological polar surface area (TPSA) is 52.6 Å². The summed E-state index contributed by atoms with van der Waals surface area (Å²) >= 11 is 5.97. The summed E-state index contributed by atoms with van der Waals surface area (Å²) in [5.41, 5.74) is 0.627. The highest BCUT2D eigenvalue weighted by molar-refractivity contribution is 6.37. The minimum Gasteiger partial charge on any atom is -0.456 e. The fraction of sp³-hybridized carbons (Fsp3) is 0.364. The largest absolute Gasteiger partial charge is 0.456 e. The van der Waals surface area contributed by atoms with Gasteiger partial charge in [0.25, 0.3) is 0 Å². The van der Waals surface area contributed by atoms with E-state index in [2.05, 4.69) is 9.15 Å². The van der Waals surface area contributed by atoms with Gasteiger partial charge in [0.05, 0.1) is 5.56 Å². The predicted molar refractivity (Wildman–Crippen MR) is 58.7 cm³/mol. The Labute approximate surface area is 97.0 Å². The van der Waals surface area contributed by atoms with E-state index >= 15 is 0 Å². The number of ether oxygens (including phenoxy) is 1. The van der Waals surface area contributed by atoms with Gasteiger partial charge in [0.2, 0.25) is 11.2 Å². The van der Waals surface area contributed by atoms with E-state index in [1.165, 1.54) is 0 Å². The maximum Gasteiger partial charge on any atom is 0.340 e. The van der Waals surface area contributed by atoms with Crippen LogP contribution in [0.4, 0.5) is 0 Å². The molecule has 0 amide bonds. The molecule has 0 aliphatic rings. The van der Waals surface area contributed by atoms with Crippen molar-refractivity contribution in [3.8, 4) is 0 Å². The summed E-state index contributed by atoms with van der Waals surface area (Å²) in [6, 6.07) is 3.17. The van der Waals surface area contributed by atoms with Crippen molar-refractivity contribution in [1.29, 1.82) is 0 Å². The Morgan fingerprint density at radius 1 is 1.31 bits per heavy atom. The van der Waals surface area contributed by atoms with E-state index in [0.29, 0.717) is 11.2 Å². The molecule has 0 saturated carbocycles. The Morgan fingerprint density at radius 2 is 2.00 bits per heavy atom. The number of carbonyl (C=O) groups is 1. The molecule has 0 saturated heterocycles. The van der Waals surface area contributed by atoms with Crippen LogP contribution in [-0.4, -0.2) is 11.6 Å². The van der Waals surface area contributed by atoms with Gasteiger partial charge in [-0.2, -0.15) is 0 Å². The molecule has 16 heavy (non-hydrogen) atoms. The first-order chi connectivity index (χ1) is 7.38. The monoisotopic (exact) mass is 242 g/mol. The molecule has 0 aliphatic heterocycles. The quantitative estimate of drug-likeness (QED) is 0.566. The zero-order valence-electron chi connectivity index (χ0n) is 9.17. The van der Waals surface area contributed by atoms with E-state index in [1.54, 1.807) is 32.9 Å². The van der Waals surface area contributed by atoms with E-state index in [9.17, 15) is 4.79 Å². The normalized spacial score (nSPS) is 12.0. The average Bonchev–Trinajstić information content (AvgIpc) is 2.04. The summed E-state index contributed by atoms with van der Waals surface area (Å²) in [5, 5.41) is 0.220. The molecule has 1 aromatic heterocycles. The molecular weight excluding hydrogens is 232 g/mol. The van der Waals surface area contributed by atoms with Crippen LogP contribution in [0.1, 0.15) is 31.1 Å². The third-order valence-corrected chi connectivity index (χ3v) is 2.27. The number of hydrogen-bond acceptors (Lipinski definition) is 4. The molecule has 2 rings (SSSR count). The van der Waals surface area contributed by atoms with Gasteiger partial charge < -0.3 is 4.74 Å². The summed E-state index contributed by atoms with van der Waals surface area (Å²) in [4.78, 5) is 11.8. The lowest BCUT2D eigenvalue weighted by molar-refractivity contribution is 0.00683. The Bertz CT molecular complexity index is 530. The van der Waals surface area contributed by atoms with Gasteiger partial charge >= 0.3 is 5.97 Å². The standard InChI is InChI=1S/C11H11ClO4/c1-11(2,3)14-10(13)6-4-5-7-9(8(6)12)16-15-7/h4-5H,1-3H3. The predicted octanol–water partition coefficient (Wildman–Crippen LogP) is 3.63. The van der Waals surface area contributed by atoms with Gasteiger partial charge in [-0.25, -0.2) is 4.79 Å². The molecule has 0 bridgehead atoms. The van der Waals surface area contributed by atoms with Gasteiger partial charge in [0.15, 0.2) is 0 Å². The molecular formula is C11H11ClO4. The number of halogens is 1. The van der Waals surface area contributed by atoms with Gasteiger partial charge in [-0.1, -0.05) is 11.6 Å². The molecule has 4 nitrogen and oxygen atoms in total. The molecule has 0 fully saturated rings. The molecule has 0 N–H and O–H groups in total. The summed E-state index contributed by atoms with van der Waals surface area (Å²) in [6.45, 7) is 5.37. The van der Waals surface area contributed by atoms with Crippen molar-refractivity contribution in [1.82, 2.24) is 0 Å². The Kier molecular flexibility index (Phi) is 2.46. The molecule has 86 valence electrons. The maximum absolute atomic E-state index is 11.8. The van der Waals surface area contributed by atoms with Crippen LogP contribution in [0.15, 0.2) is 21.3 Å². The van der Waals surface area contributed by atoms with Crippen LogP contribution in [-0.2, 0) is 4.74 Å². The molecule has 0 aliphatic carbocycles. The molecule has 5 heteroatoms. The highest BCUT2D eigenvalue weighted by Crippen LogP contribution is 2.31. The summed E-state index contributed by atoms with van der Waals surface area (Å²) < 4.78 is 14.5. The van der Waals surface area contributed by atoms with Crippen LogP contribution in [0, 0.1) is 0 Å². The molecule has 2 aromatic rings. The SMILES string of the molecule is CC(C)(C)OC(=O)c1ccc2ooc2c1Cl. The van der Waals surface area contributed by atoms with Crippen LogP contribution in [0.2, 0.25) is 5.02 Å². The number of benzene rings is 1. The van der Waals surface area contributed by atoms with E-state index < -0.39 is 11.6 Å². The third-order valence-electron chi connectivity index (χ3n) is 1.89. The third kappa shape index (κ3) is 1.93. The summed E-state index contributed by atoms with van der Waals surface area (Å²) in [7, 11) is 0. The van der Waals surface area contributed by atoms with Crippen molar-refractivity contribution in [2.45, 2.75) is 26.4 Å². The molecule has 0 spiro atoms. The molecule has 0 radical (unpaired) electrons. The molecule has 0 unspecified atom stereocenters. The second-order valence-corrected chi connectivity index (χ2v) is 4.80. The molecule has 1 aromatic carbocycles. The average molecular weight is 243 g/mol. The van der Waals surface area contributed by atoms with Gasteiger partial charge in [0, 0.05) is 0 Å². The Morgan fingerprint density at radius 3 is 2.50 bits per heavy atom. The van der Waals surface area contributed by atoms with Gasteiger partial charge in [-0.3, -0.25) is 9.15 Å². The highest BCUT2D eigenvalue weighted by atomic mass is 35.5. The smallest absolute Gasteiger partial charge is 0.340 e. The van der Waals surface area contributed by atoms with Crippen LogP contribution in [0.3, 0.4) is 0 Å². The van der Waals surface area contributed by atoms with Crippen molar-refractivity contribution in [2.75, 3.05) is 0 Å². The number of carbonyl (C=O) groups excluding carboxylic acids is 1. The van der Waals surface area contributed by atoms with Crippen molar-refractivity contribution in [3.63, 3.8) is 0 Å². The fourth-order valence-electron chi connectivity index (χ4n) is 1.22. The van der Waals surface area contributed by atoms with E-state index in [0.717, 1.165) is 0 Å². The van der Waals surface area contributed by atoms with Crippen LogP contribution < -0.4 is 0 Å². The lowest BCUT2D eigenvalue weighted by atomic mass is 10.1. The zero-order valence-corrected chi connectivity index (χ0v) is 9.92. The van der Waals surface area contributed by atoms with Crippen molar-refractivity contribution in [2.24, 2.45) is 0 Å². The number of rotatable bonds is 1.